The smallest absolute Gasteiger partial charge is 0.164 e. The first kappa shape index (κ1) is 12.4. The molecule has 0 aliphatic carbocycles. The third kappa shape index (κ3) is 2.05. The minimum absolute atomic E-state index is 0.238. The van der Waals surface area contributed by atoms with Crippen LogP contribution in [-0.4, -0.2) is 19.9 Å². The van der Waals surface area contributed by atoms with Crippen LogP contribution in [0.25, 0.3) is 22.4 Å². The van der Waals surface area contributed by atoms with Gasteiger partial charge in [0.15, 0.2) is 5.75 Å². The van der Waals surface area contributed by atoms with E-state index in [0.717, 1.165) is 22.4 Å². The fourth-order valence-corrected chi connectivity index (χ4v) is 2.15. The number of hydrogen-bond donors (Lipinski definition) is 1. The van der Waals surface area contributed by atoms with Crippen molar-refractivity contribution in [3.05, 3.63) is 54.5 Å². The van der Waals surface area contributed by atoms with Crippen LogP contribution in [0.1, 0.15) is 5.69 Å². The van der Waals surface area contributed by atoms with Gasteiger partial charge in [-0.2, -0.15) is 5.10 Å². The molecule has 4 nitrogen and oxygen atoms in total. The van der Waals surface area contributed by atoms with Gasteiger partial charge in [-0.1, -0.05) is 30.3 Å². The molecule has 2 aromatic heterocycles. The van der Waals surface area contributed by atoms with Gasteiger partial charge in [0.25, 0.3) is 0 Å². The molecule has 100 valence electrons. The zero-order valence-electron chi connectivity index (χ0n) is 11.4. The molecule has 3 aromatic rings. The fourth-order valence-electron chi connectivity index (χ4n) is 2.15. The summed E-state index contributed by atoms with van der Waals surface area (Å²) in [6.45, 7) is 1.84. The van der Waals surface area contributed by atoms with E-state index >= 15 is 0 Å². The Morgan fingerprint density at radius 2 is 1.70 bits per heavy atom. The highest BCUT2D eigenvalue weighted by Crippen LogP contribution is 2.31. The number of aryl methyl sites for hydroxylation is 1. The number of aromatic nitrogens is 3. The Kier molecular flexibility index (Phi) is 2.99. The third-order valence-electron chi connectivity index (χ3n) is 3.46. The van der Waals surface area contributed by atoms with Gasteiger partial charge in [0.2, 0.25) is 0 Å². The zero-order valence-corrected chi connectivity index (χ0v) is 11.4. The minimum atomic E-state index is 0.238. The first-order valence-electron chi connectivity index (χ1n) is 6.40. The number of rotatable bonds is 2. The van der Waals surface area contributed by atoms with Gasteiger partial charge in [-0.05, 0) is 24.1 Å². The summed E-state index contributed by atoms with van der Waals surface area (Å²) in [6.07, 6.45) is 3.59. The Bertz CT molecular complexity index is 730. The highest BCUT2D eigenvalue weighted by molar-refractivity contribution is 5.71. The zero-order chi connectivity index (χ0) is 14.1. The number of nitrogens with zero attached hydrogens (tertiary/aromatic N) is 3. The van der Waals surface area contributed by atoms with E-state index in [2.05, 4.69) is 10.1 Å². The van der Waals surface area contributed by atoms with Gasteiger partial charge in [-0.25, -0.2) is 0 Å². The van der Waals surface area contributed by atoms with Gasteiger partial charge in [0, 0.05) is 25.0 Å². The summed E-state index contributed by atoms with van der Waals surface area (Å²) >= 11 is 0. The van der Waals surface area contributed by atoms with Crippen LogP contribution in [0, 0.1) is 6.92 Å². The first-order valence-corrected chi connectivity index (χ1v) is 6.40. The van der Waals surface area contributed by atoms with Crippen molar-refractivity contribution in [1.82, 2.24) is 14.8 Å². The summed E-state index contributed by atoms with van der Waals surface area (Å²) in [5, 5.41) is 14.4. The second-order valence-corrected chi connectivity index (χ2v) is 4.73. The molecule has 0 saturated carbocycles. The summed E-state index contributed by atoms with van der Waals surface area (Å²) in [5.41, 5.74) is 4.44. The van der Waals surface area contributed by atoms with E-state index in [1.807, 2.05) is 56.6 Å². The molecule has 1 aromatic carbocycles. The van der Waals surface area contributed by atoms with Crippen LogP contribution in [0.4, 0.5) is 0 Å². The molecule has 0 fully saturated rings. The summed E-state index contributed by atoms with van der Waals surface area (Å²) < 4.78 is 1.68. The molecule has 0 unspecified atom stereocenters. The summed E-state index contributed by atoms with van der Waals surface area (Å²) in [5.74, 6) is 0.238. The fraction of sp³-hybridized carbons (Fsp3) is 0.125. The molecule has 0 radical (unpaired) electrons. The number of pyridine rings is 1. The predicted molar refractivity (Wildman–Crippen MR) is 78.3 cm³/mol. The predicted octanol–water partition coefficient (Wildman–Crippen LogP) is 3.16. The van der Waals surface area contributed by atoms with Crippen molar-refractivity contribution in [2.24, 2.45) is 7.05 Å². The maximum absolute atomic E-state index is 10.1. The molecule has 2 heterocycles. The van der Waals surface area contributed by atoms with Crippen molar-refractivity contribution in [2.75, 3.05) is 0 Å². The Morgan fingerprint density at radius 3 is 2.25 bits per heavy atom. The Morgan fingerprint density at radius 1 is 1.00 bits per heavy atom. The van der Waals surface area contributed by atoms with Crippen molar-refractivity contribution in [1.29, 1.82) is 0 Å². The molecule has 0 aliphatic heterocycles. The van der Waals surface area contributed by atoms with Crippen molar-refractivity contribution in [3.8, 4) is 28.1 Å². The molecule has 4 heteroatoms. The quantitative estimate of drug-likeness (QED) is 0.774. The number of hydrogen-bond acceptors (Lipinski definition) is 3. The second-order valence-electron chi connectivity index (χ2n) is 4.73. The molecule has 0 spiro atoms. The average Bonchev–Trinajstić information content (AvgIpc) is 2.76. The lowest BCUT2D eigenvalue weighted by molar-refractivity contribution is 0.471. The third-order valence-corrected chi connectivity index (χ3v) is 3.46. The highest BCUT2D eigenvalue weighted by Gasteiger charge is 2.13. The lowest BCUT2D eigenvalue weighted by atomic mass is 10.0. The van der Waals surface area contributed by atoms with E-state index in [-0.39, 0.29) is 5.75 Å². The largest absolute Gasteiger partial charge is 0.504 e. The Labute approximate surface area is 117 Å². The highest BCUT2D eigenvalue weighted by atomic mass is 16.3. The molecule has 0 atom stereocenters. The first-order chi connectivity index (χ1) is 9.66. The molecule has 0 amide bonds. The van der Waals surface area contributed by atoms with E-state index < -0.39 is 0 Å². The van der Waals surface area contributed by atoms with Crippen LogP contribution >= 0.6 is 0 Å². The van der Waals surface area contributed by atoms with Gasteiger partial charge in [0.1, 0.15) is 5.69 Å². The van der Waals surface area contributed by atoms with Crippen molar-refractivity contribution in [2.45, 2.75) is 6.92 Å². The van der Waals surface area contributed by atoms with Gasteiger partial charge in [-0.3, -0.25) is 9.67 Å². The SMILES string of the molecule is Cc1c(O)c(-c2ccc(-c3cccnc3)cc2)nn1C. The maximum atomic E-state index is 10.1. The number of aromatic hydroxyl groups is 1. The maximum Gasteiger partial charge on any atom is 0.164 e. The van der Waals surface area contributed by atoms with Gasteiger partial charge >= 0.3 is 0 Å². The second kappa shape index (κ2) is 4.81. The van der Waals surface area contributed by atoms with Crippen LogP contribution in [0.2, 0.25) is 0 Å². The van der Waals surface area contributed by atoms with Crippen LogP contribution in [-0.2, 0) is 7.05 Å². The van der Waals surface area contributed by atoms with Crippen LogP contribution < -0.4 is 0 Å². The van der Waals surface area contributed by atoms with Crippen molar-refractivity contribution >= 4 is 0 Å². The standard InChI is InChI=1S/C16H15N3O/c1-11-16(20)15(18-19(11)2)13-7-5-12(6-8-13)14-4-3-9-17-10-14/h3-10,20H,1-2H3. The number of benzene rings is 1. The Hall–Kier alpha value is -2.62. The van der Waals surface area contributed by atoms with E-state index in [4.69, 9.17) is 0 Å². The molecule has 3 rings (SSSR count). The molecule has 20 heavy (non-hydrogen) atoms. The van der Waals surface area contributed by atoms with E-state index in [1.165, 1.54) is 0 Å². The molecular weight excluding hydrogens is 250 g/mol. The van der Waals surface area contributed by atoms with Crippen LogP contribution in [0.5, 0.6) is 5.75 Å². The summed E-state index contributed by atoms with van der Waals surface area (Å²) in [4.78, 5) is 4.12. The van der Waals surface area contributed by atoms with E-state index in [1.54, 1.807) is 10.9 Å². The average molecular weight is 265 g/mol. The molecule has 0 bridgehead atoms. The lowest BCUT2D eigenvalue weighted by Gasteiger charge is -2.02. The topological polar surface area (TPSA) is 50.9 Å². The van der Waals surface area contributed by atoms with Crippen molar-refractivity contribution < 1.29 is 5.11 Å². The molecular formula is C16H15N3O. The molecule has 1 N–H and O–H groups in total. The normalized spacial score (nSPS) is 10.7. The van der Waals surface area contributed by atoms with Gasteiger partial charge in [-0.15, -0.1) is 0 Å². The lowest BCUT2D eigenvalue weighted by Crippen LogP contribution is -1.92. The van der Waals surface area contributed by atoms with Crippen molar-refractivity contribution in [3.63, 3.8) is 0 Å². The van der Waals surface area contributed by atoms with Gasteiger partial charge < -0.3 is 5.11 Å². The summed E-state index contributed by atoms with van der Waals surface area (Å²) in [6, 6.07) is 11.9. The van der Waals surface area contributed by atoms with Crippen LogP contribution in [0.3, 0.4) is 0 Å². The Balaban J connectivity index is 1.99. The monoisotopic (exact) mass is 265 g/mol. The molecule has 0 saturated heterocycles. The van der Waals surface area contributed by atoms with Gasteiger partial charge in [0.05, 0.1) is 5.69 Å². The van der Waals surface area contributed by atoms with E-state index in [0.29, 0.717) is 5.69 Å². The summed E-state index contributed by atoms with van der Waals surface area (Å²) in [7, 11) is 1.82. The van der Waals surface area contributed by atoms with E-state index in [9.17, 15) is 5.11 Å². The molecule has 0 aliphatic rings. The minimum Gasteiger partial charge on any atom is -0.504 e. The van der Waals surface area contributed by atoms with Crippen LogP contribution in [0.15, 0.2) is 48.8 Å².